The van der Waals surface area contributed by atoms with Gasteiger partial charge in [-0.15, -0.1) is 0 Å². The van der Waals surface area contributed by atoms with Crippen LogP contribution in [0.15, 0.2) is 11.1 Å². The van der Waals surface area contributed by atoms with Gasteiger partial charge >= 0.3 is 0 Å². The highest BCUT2D eigenvalue weighted by Crippen LogP contribution is 2.32. The van der Waals surface area contributed by atoms with Gasteiger partial charge in [0.2, 0.25) is 0 Å². The lowest BCUT2D eigenvalue weighted by molar-refractivity contribution is 0.959. The zero-order valence-electron chi connectivity index (χ0n) is 9.12. The Morgan fingerprint density at radius 2 is 2.24 bits per heavy atom. The van der Waals surface area contributed by atoms with Gasteiger partial charge in [0.25, 0.3) is 0 Å². The summed E-state index contributed by atoms with van der Waals surface area (Å²) in [5.74, 6) is 0.741. The number of aliphatic imine (C=N–C) groups is 1. The van der Waals surface area contributed by atoms with Crippen LogP contribution in [0.1, 0.15) is 5.56 Å². The minimum atomic E-state index is 0.638. The number of anilines is 1. The molecule has 1 aromatic heterocycles. The van der Waals surface area contributed by atoms with Gasteiger partial charge in [0, 0.05) is 6.54 Å². The number of aryl methyl sites for hydroxylation is 1. The third-order valence-electron chi connectivity index (χ3n) is 2.60. The second-order valence-corrected chi connectivity index (χ2v) is 4.73. The zero-order valence-corrected chi connectivity index (χ0v) is 10.7. The van der Waals surface area contributed by atoms with E-state index < -0.39 is 0 Å². The van der Waals surface area contributed by atoms with Gasteiger partial charge in [-0.05, 0) is 18.6 Å². The molecule has 0 bridgehead atoms. The first kappa shape index (κ1) is 10.7. The molecule has 2 aromatic rings. The highest BCUT2D eigenvalue weighted by molar-refractivity contribution is 7.00. The summed E-state index contributed by atoms with van der Waals surface area (Å²) in [6.07, 6.45) is 0. The molecule has 0 radical (unpaired) electrons. The van der Waals surface area contributed by atoms with Crippen LogP contribution < -0.4 is 10.6 Å². The van der Waals surface area contributed by atoms with Crippen molar-refractivity contribution >= 4 is 46.0 Å². The molecule has 1 aliphatic heterocycles. The van der Waals surface area contributed by atoms with Crippen molar-refractivity contribution in [3.05, 3.63) is 16.7 Å². The molecule has 2 N–H and O–H groups in total. The normalized spacial score (nSPS) is 14.8. The van der Waals surface area contributed by atoms with Crippen molar-refractivity contribution in [2.45, 2.75) is 6.92 Å². The lowest BCUT2D eigenvalue weighted by atomic mass is 10.2. The van der Waals surface area contributed by atoms with Gasteiger partial charge in [-0.3, -0.25) is 4.99 Å². The predicted octanol–water partition coefficient (Wildman–Crippen LogP) is 2.02. The Bertz CT molecular complexity index is 606. The summed E-state index contributed by atoms with van der Waals surface area (Å²) in [6, 6.07) is 1.89. The van der Waals surface area contributed by atoms with Gasteiger partial charge in [-0.1, -0.05) is 11.6 Å². The Labute approximate surface area is 107 Å². The number of halogens is 1. The fourth-order valence-electron chi connectivity index (χ4n) is 1.77. The molecule has 0 aliphatic carbocycles. The van der Waals surface area contributed by atoms with Crippen LogP contribution in [0.3, 0.4) is 0 Å². The van der Waals surface area contributed by atoms with Crippen molar-refractivity contribution in [1.82, 2.24) is 14.1 Å². The fraction of sp³-hybridized carbons (Fsp3) is 0.300. The molecular weight excluding hydrogens is 258 g/mol. The monoisotopic (exact) mass is 267 g/mol. The van der Waals surface area contributed by atoms with Crippen molar-refractivity contribution in [3.8, 4) is 0 Å². The molecule has 5 nitrogen and oxygen atoms in total. The van der Waals surface area contributed by atoms with E-state index in [9.17, 15) is 0 Å². The summed E-state index contributed by atoms with van der Waals surface area (Å²) in [5.41, 5.74) is 3.50. The van der Waals surface area contributed by atoms with E-state index in [1.54, 1.807) is 0 Å². The van der Waals surface area contributed by atoms with Gasteiger partial charge in [-0.25, -0.2) is 0 Å². The van der Waals surface area contributed by atoms with Crippen LogP contribution in [0, 0.1) is 6.92 Å². The maximum absolute atomic E-state index is 6.24. The van der Waals surface area contributed by atoms with Crippen LogP contribution in [0.25, 0.3) is 11.0 Å². The summed E-state index contributed by atoms with van der Waals surface area (Å²) in [6.45, 7) is 3.61. The fourth-order valence-corrected chi connectivity index (χ4v) is 2.69. The van der Waals surface area contributed by atoms with Crippen molar-refractivity contribution in [1.29, 1.82) is 0 Å². The van der Waals surface area contributed by atoms with E-state index in [0.29, 0.717) is 5.02 Å². The second kappa shape index (κ2) is 4.12. The van der Waals surface area contributed by atoms with Crippen LogP contribution in [-0.4, -0.2) is 27.8 Å². The van der Waals surface area contributed by atoms with Crippen molar-refractivity contribution in [2.75, 3.05) is 18.4 Å². The Balaban J connectivity index is 2.11. The van der Waals surface area contributed by atoms with E-state index in [-0.39, 0.29) is 0 Å². The van der Waals surface area contributed by atoms with Crippen LogP contribution >= 0.6 is 23.3 Å². The topological polar surface area (TPSA) is 62.2 Å². The molecule has 1 aliphatic rings. The number of hydrogen-bond donors (Lipinski definition) is 2. The molecule has 3 rings (SSSR count). The van der Waals surface area contributed by atoms with Crippen molar-refractivity contribution in [2.24, 2.45) is 4.99 Å². The predicted molar refractivity (Wildman–Crippen MR) is 71.1 cm³/mol. The standard InChI is InChI=1S/C10H10ClN5S/c1-5-4-6(11)8(9-7(5)15-17-16-9)14-10-12-2-3-13-10/h4H,2-3H2,1H3,(H2,12,13,14). The van der Waals surface area contributed by atoms with Gasteiger partial charge in [0.15, 0.2) is 5.96 Å². The Morgan fingerprint density at radius 1 is 1.41 bits per heavy atom. The third kappa shape index (κ3) is 1.83. The number of hydrogen-bond acceptors (Lipinski definition) is 6. The molecule has 0 fully saturated rings. The summed E-state index contributed by atoms with van der Waals surface area (Å²) in [4.78, 5) is 4.28. The lowest BCUT2D eigenvalue weighted by Gasteiger charge is -2.09. The maximum atomic E-state index is 6.24. The third-order valence-corrected chi connectivity index (χ3v) is 3.43. The van der Waals surface area contributed by atoms with E-state index in [0.717, 1.165) is 41.3 Å². The maximum Gasteiger partial charge on any atom is 0.196 e. The Morgan fingerprint density at radius 3 is 3.00 bits per heavy atom. The first-order chi connectivity index (χ1) is 8.25. The van der Waals surface area contributed by atoms with Crippen LogP contribution in [0.5, 0.6) is 0 Å². The molecule has 0 amide bonds. The Kier molecular flexibility index (Phi) is 2.60. The quantitative estimate of drug-likeness (QED) is 0.830. The molecule has 0 saturated carbocycles. The molecule has 0 spiro atoms. The molecule has 1 aromatic carbocycles. The lowest BCUT2D eigenvalue weighted by Crippen LogP contribution is -2.26. The van der Waals surface area contributed by atoms with Crippen LogP contribution in [-0.2, 0) is 0 Å². The first-order valence-electron chi connectivity index (χ1n) is 5.22. The average molecular weight is 268 g/mol. The molecule has 2 heterocycles. The number of rotatable bonds is 1. The van der Waals surface area contributed by atoms with E-state index in [4.69, 9.17) is 11.6 Å². The number of nitrogens with zero attached hydrogens (tertiary/aromatic N) is 3. The highest BCUT2D eigenvalue weighted by Gasteiger charge is 2.15. The minimum Gasteiger partial charge on any atom is -0.354 e. The smallest absolute Gasteiger partial charge is 0.196 e. The van der Waals surface area contributed by atoms with E-state index in [1.165, 1.54) is 11.7 Å². The largest absolute Gasteiger partial charge is 0.354 e. The van der Waals surface area contributed by atoms with Crippen molar-refractivity contribution < 1.29 is 0 Å². The Hall–Kier alpha value is -1.40. The number of aromatic nitrogens is 2. The molecule has 88 valence electrons. The molecule has 0 saturated heterocycles. The molecular formula is C10H10ClN5S. The summed E-state index contributed by atoms with van der Waals surface area (Å²) in [7, 11) is 0. The SMILES string of the molecule is Cc1cc(Cl)c(NC2=NCCN2)c2nsnc12. The number of benzene rings is 1. The number of fused-ring (bicyclic) bond motifs is 1. The van der Waals surface area contributed by atoms with Crippen molar-refractivity contribution in [3.63, 3.8) is 0 Å². The van der Waals surface area contributed by atoms with E-state index >= 15 is 0 Å². The average Bonchev–Trinajstić information content (AvgIpc) is 2.95. The van der Waals surface area contributed by atoms with Gasteiger partial charge < -0.3 is 10.6 Å². The summed E-state index contributed by atoms with van der Waals surface area (Å²) < 4.78 is 8.55. The first-order valence-corrected chi connectivity index (χ1v) is 6.33. The number of guanidine groups is 1. The van der Waals surface area contributed by atoms with Crippen LogP contribution in [0.2, 0.25) is 5.02 Å². The molecule has 0 atom stereocenters. The van der Waals surface area contributed by atoms with Gasteiger partial charge in [-0.2, -0.15) is 8.75 Å². The summed E-state index contributed by atoms with van der Waals surface area (Å²) >= 11 is 7.42. The summed E-state index contributed by atoms with van der Waals surface area (Å²) in [5, 5.41) is 6.95. The molecule has 17 heavy (non-hydrogen) atoms. The van der Waals surface area contributed by atoms with Gasteiger partial charge in [0.1, 0.15) is 11.0 Å². The van der Waals surface area contributed by atoms with E-state index in [2.05, 4.69) is 24.4 Å². The van der Waals surface area contributed by atoms with Crippen LogP contribution in [0.4, 0.5) is 5.69 Å². The molecule has 7 heteroatoms. The second-order valence-electron chi connectivity index (χ2n) is 3.79. The number of nitrogens with one attached hydrogen (secondary N) is 2. The minimum absolute atomic E-state index is 0.638. The highest BCUT2D eigenvalue weighted by atomic mass is 35.5. The zero-order chi connectivity index (χ0) is 11.8. The molecule has 0 unspecified atom stereocenters. The van der Waals surface area contributed by atoms with E-state index in [1.807, 2.05) is 13.0 Å². The van der Waals surface area contributed by atoms with Gasteiger partial charge in [0.05, 0.1) is 29.0 Å².